The number of unbranched alkanes of at least 4 members (excludes halogenated alkanes) is 1. The van der Waals surface area contributed by atoms with Crippen molar-refractivity contribution in [1.29, 1.82) is 0 Å². The number of ether oxygens (including phenoxy) is 1. The van der Waals surface area contributed by atoms with Crippen molar-refractivity contribution < 1.29 is 9.53 Å². The van der Waals surface area contributed by atoms with Gasteiger partial charge in [-0.15, -0.1) is 10.2 Å². The molecule has 2 N–H and O–H groups in total. The van der Waals surface area contributed by atoms with Gasteiger partial charge in [-0.05, 0) is 31.9 Å². The van der Waals surface area contributed by atoms with Gasteiger partial charge in [0.2, 0.25) is 5.65 Å². The van der Waals surface area contributed by atoms with Crippen molar-refractivity contribution in [3.63, 3.8) is 0 Å². The SMILES string of the molecule is COc1ccc2c(c1)nc(NCCCCNC(=O)SC(C)C)c1nnc(C)n12. The molecule has 1 aromatic carbocycles. The number of carbonyl (C=O) groups excluding carboxylic acids is 1. The number of nitrogens with zero attached hydrogens (tertiary/aromatic N) is 4. The number of hydrogen-bond donors (Lipinski definition) is 2. The molecule has 0 saturated heterocycles. The second kappa shape index (κ2) is 9.09. The van der Waals surface area contributed by atoms with Crippen molar-refractivity contribution >= 4 is 39.5 Å². The monoisotopic (exact) mass is 402 g/mol. The highest BCUT2D eigenvalue weighted by Crippen LogP contribution is 2.25. The molecule has 0 saturated carbocycles. The zero-order valence-corrected chi connectivity index (χ0v) is 17.5. The number of rotatable bonds is 8. The number of benzene rings is 1. The van der Waals surface area contributed by atoms with E-state index in [0.717, 1.165) is 42.0 Å². The second-order valence-electron chi connectivity index (χ2n) is 6.74. The summed E-state index contributed by atoms with van der Waals surface area (Å²) in [5.41, 5.74) is 2.46. The zero-order valence-electron chi connectivity index (χ0n) is 16.7. The highest BCUT2D eigenvalue weighted by molar-refractivity contribution is 8.14. The molecule has 0 aliphatic carbocycles. The van der Waals surface area contributed by atoms with Gasteiger partial charge in [0.25, 0.3) is 5.24 Å². The van der Waals surface area contributed by atoms with Crippen LogP contribution in [0.2, 0.25) is 0 Å². The summed E-state index contributed by atoms with van der Waals surface area (Å²) in [5.74, 6) is 2.26. The Labute approximate surface area is 168 Å². The maximum atomic E-state index is 11.6. The van der Waals surface area contributed by atoms with Crippen LogP contribution in [0, 0.1) is 6.92 Å². The zero-order chi connectivity index (χ0) is 20.1. The molecule has 28 heavy (non-hydrogen) atoms. The lowest BCUT2D eigenvalue weighted by molar-refractivity contribution is 0.260. The number of fused-ring (bicyclic) bond motifs is 3. The molecule has 150 valence electrons. The lowest BCUT2D eigenvalue weighted by Gasteiger charge is -2.11. The predicted molar refractivity (Wildman–Crippen MR) is 113 cm³/mol. The van der Waals surface area contributed by atoms with E-state index in [2.05, 4.69) is 20.8 Å². The number of hydrogen-bond acceptors (Lipinski definition) is 7. The minimum absolute atomic E-state index is 0.0359. The normalized spacial score (nSPS) is 11.3. The number of amides is 1. The fraction of sp³-hybridized carbons (Fsp3) is 0.474. The molecule has 2 aromatic heterocycles. The fourth-order valence-corrected chi connectivity index (χ4v) is 3.52. The van der Waals surface area contributed by atoms with Crippen molar-refractivity contribution in [3.8, 4) is 5.75 Å². The van der Waals surface area contributed by atoms with Crippen molar-refractivity contribution in [3.05, 3.63) is 24.0 Å². The van der Waals surface area contributed by atoms with E-state index in [0.29, 0.717) is 23.3 Å². The predicted octanol–water partition coefficient (Wildman–Crippen LogP) is 3.64. The van der Waals surface area contributed by atoms with Crippen molar-refractivity contribution in [2.45, 2.75) is 38.9 Å². The van der Waals surface area contributed by atoms with Crippen LogP contribution >= 0.6 is 11.8 Å². The number of carbonyl (C=O) groups is 1. The average molecular weight is 403 g/mol. The second-order valence-corrected chi connectivity index (χ2v) is 8.29. The molecular weight excluding hydrogens is 376 g/mol. The quantitative estimate of drug-likeness (QED) is 0.556. The van der Waals surface area contributed by atoms with E-state index >= 15 is 0 Å². The summed E-state index contributed by atoms with van der Waals surface area (Å²) in [4.78, 5) is 16.3. The molecular formula is C19H26N6O2S. The third-order valence-corrected chi connectivity index (χ3v) is 5.03. The highest BCUT2D eigenvalue weighted by atomic mass is 32.2. The van der Waals surface area contributed by atoms with Crippen LogP contribution in [0.25, 0.3) is 16.7 Å². The number of aryl methyl sites for hydroxylation is 1. The summed E-state index contributed by atoms with van der Waals surface area (Å²) in [6.07, 6.45) is 1.80. The van der Waals surface area contributed by atoms with Gasteiger partial charge < -0.3 is 15.4 Å². The number of nitrogens with one attached hydrogen (secondary N) is 2. The van der Waals surface area contributed by atoms with Crippen LogP contribution in [0.1, 0.15) is 32.5 Å². The molecule has 2 heterocycles. The molecule has 9 heteroatoms. The van der Waals surface area contributed by atoms with Gasteiger partial charge in [-0.25, -0.2) is 4.98 Å². The smallest absolute Gasteiger partial charge is 0.279 e. The van der Waals surface area contributed by atoms with Crippen LogP contribution in [0.15, 0.2) is 18.2 Å². The Morgan fingerprint density at radius 3 is 2.79 bits per heavy atom. The Bertz CT molecular complexity index is 972. The molecule has 3 rings (SSSR count). The minimum Gasteiger partial charge on any atom is -0.497 e. The Morgan fingerprint density at radius 1 is 1.25 bits per heavy atom. The Balaban J connectivity index is 1.65. The summed E-state index contributed by atoms with van der Waals surface area (Å²) in [5, 5.41) is 15.1. The number of anilines is 1. The van der Waals surface area contributed by atoms with E-state index in [1.54, 1.807) is 7.11 Å². The molecule has 0 radical (unpaired) electrons. The van der Waals surface area contributed by atoms with E-state index in [4.69, 9.17) is 9.72 Å². The minimum atomic E-state index is 0.0359. The van der Waals surface area contributed by atoms with Crippen molar-refractivity contribution in [1.82, 2.24) is 24.9 Å². The lowest BCUT2D eigenvalue weighted by Crippen LogP contribution is -2.21. The Kier molecular flexibility index (Phi) is 6.56. The van der Waals surface area contributed by atoms with Crippen LogP contribution in [-0.2, 0) is 0 Å². The first kappa shape index (κ1) is 20.2. The van der Waals surface area contributed by atoms with Crippen LogP contribution in [0.3, 0.4) is 0 Å². The van der Waals surface area contributed by atoms with E-state index in [9.17, 15) is 4.79 Å². The maximum absolute atomic E-state index is 11.6. The Morgan fingerprint density at radius 2 is 2.04 bits per heavy atom. The van der Waals surface area contributed by atoms with Crippen molar-refractivity contribution in [2.24, 2.45) is 0 Å². The third-order valence-electron chi connectivity index (χ3n) is 4.20. The molecule has 8 nitrogen and oxygen atoms in total. The van der Waals surface area contributed by atoms with Gasteiger partial charge >= 0.3 is 0 Å². The van der Waals surface area contributed by atoms with Gasteiger partial charge in [-0.1, -0.05) is 25.6 Å². The molecule has 0 fully saturated rings. The summed E-state index contributed by atoms with van der Waals surface area (Å²) < 4.78 is 7.31. The lowest BCUT2D eigenvalue weighted by atomic mass is 10.2. The van der Waals surface area contributed by atoms with Crippen LogP contribution in [0.5, 0.6) is 5.75 Å². The summed E-state index contributed by atoms with van der Waals surface area (Å²) in [6.45, 7) is 7.34. The van der Waals surface area contributed by atoms with Gasteiger partial charge in [0, 0.05) is 24.4 Å². The van der Waals surface area contributed by atoms with Crippen LogP contribution in [0.4, 0.5) is 10.6 Å². The molecule has 0 unspecified atom stereocenters. The van der Waals surface area contributed by atoms with Gasteiger partial charge in [0.1, 0.15) is 11.6 Å². The molecule has 3 aromatic rings. The average Bonchev–Trinajstić information content (AvgIpc) is 3.05. The van der Waals surface area contributed by atoms with Gasteiger partial charge in [0.05, 0.1) is 18.1 Å². The summed E-state index contributed by atoms with van der Waals surface area (Å²) in [7, 11) is 1.64. The van der Waals surface area contributed by atoms with Crippen LogP contribution in [-0.4, -0.2) is 50.3 Å². The number of thioether (sulfide) groups is 1. The third kappa shape index (κ3) is 4.64. The van der Waals surface area contributed by atoms with E-state index in [1.165, 1.54) is 11.8 Å². The summed E-state index contributed by atoms with van der Waals surface area (Å²) in [6, 6.07) is 5.77. The number of methoxy groups -OCH3 is 1. The van der Waals surface area contributed by atoms with Crippen LogP contribution < -0.4 is 15.4 Å². The first-order valence-corrected chi connectivity index (χ1v) is 10.3. The Hall–Kier alpha value is -2.55. The molecule has 0 aliphatic rings. The standard InChI is InChI=1S/C19H26N6O2S/c1-12(2)28-19(26)21-10-6-5-9-20-17-18-24-23-13(3)25(18)16-8-7-14(27-4)11-15(16)22-17/h7-8,11-12H,5-6,9-10H2,1-4H3,(H,20,22)(H,21,26). The molecule has 0 atom stereocenters. The molecule has 0 bridgehead atoms. The van der Waals surface area contributed by atoms with Gasteiger partial charge in [-0.2, -0.15) is 0 Å². The maximum Gasteiger partial charge on any atom is 0.279 e. The van der Waals surface area contributed by atoms with Gasteiger partial charge in [0.15, 0.2) is 5.82 Å². The first-order chi connectivity index (χ1) is 13.5. The fourth-order valence-electron chi connectivity index (χ4n) is 2.90. The van der Waals surface area contributed by atoms with E-state index in [1.807, 2.05) is 43.4 Å². The largest absolute Gasteiger partial charge is 0.497 e. The first-order valence-electron chi connectivity index (χ1n) is 9.37. The number of aromatic nitrogens is 4. The van der Waals surface area contributed by atoms with Crippen molar-refractivity contribution in [2.75, 3.05) is 25.5 Å². The van der Waals surface area contributed by atoms with Gasteiger partial charge in [-0.3, -0.25) is 9.20 Å². The van der Waals surface area contributed by atoms with E-state index < -0.39 is 0 Å². The molecule has 1 amide bonds. The molecule has 0 spiro atoms. The summed E-state index contributed by atoms with van der Waals surface area (Å²) >= 11 is 1.32. The highest BCUT2D eigenvalue weighted by Gasteiger charge is 2.13. The molecule has 0 aliphatic heterocycles. The topological polar surface area (TPSA) is 93.4 Å². The van der Waals surface area contributed by atoms with E-state index in [-0.39, 0.29) is 5.24 Å².